The van der Waals surface area contributed by atoms with Gasteiger partial charge in [-0.15, -0.1) is 10.2 Å². The van der Waals surface area contributed by atoms with Crippen LogP contribution in [-0.4, -0.2) is 61.9 Å². The summed E-state index contributed by atoms with van der Waals surface area (Å²) in [6.45, 7) is 3.07. The normalized spacial score (nSPS) is 12.1. The molecule has 0 atom stereocenters. The summed E-state index contributed by atoms with van der Waals surface area (Å²) in [5.41, 5.74) is 2.52. The summed E-state index contributed by atoms with van der Waals surface area (Å²) in [5.74, 6) is 1.26. The number of rotatable bonds is 12. The largest absolute Gasteiger partial charge is 0.416 e. The number of hydrogen-bond acceptors (Lipinski definition) is 8. The third-order valence-corrected chi connectivity index (χ3v) is 6.95. The zero-order chi connectivity index (χ0) is 28.9. The van der Waals surface area contributed by atoms with E-state index in [9.17, 15) is 13.2 Å². The standard InChI is InChI=1S/C29H28F3N9O/c30-29(31,32)20-4-6-25-19(13-20)14-21(36-25)16-33-8-1-2-11-42-12-10-35-28-23-7-9-34-17-24(23)22-5-3-18(15-26(22)37-28)27-38-40-41-39-27/h3-7,9,13-15,17,33,36H,1-2,8,10-12,16H2,(H,35,37)(H,38,39,40,41). The molecule has 0 saturated heterocycles. The maximum Gasteiger partial charge on any atom is 0.416 e. The Labute approximate surface area is 238 Å². The first-order valence-electron chi connectivity index (χ1n) is 13.6. The number of aromatic nitrogens is 7. The number of benzene rings is 2. The molecule has 0 fully saturated rings. The van der Waals surface area contributed by atoms with Crippen molar-refractivity contribution in [2.45, 2.75) is 25.6 Å². The topological polar surface area (TPSA) is 129 Å². The fraction of sp³-hybridized carbons (Fsp3) is 0.276. The Bertz CT molecular complexity index is 1800. The van der Waals surface area contributed by atoms with E-state index in [-0.39, 0.29) is 0 Å². The Balaban J connectivity index is 0.943. The van der Waals surface area contributed by atoms with E-state index in [1.165, 1.54) is 12.1 Å². The minimum absolute atomic E-state index is 0.504. The second-order valence-electron chi connectivity index (χ2n) is 9.87. The number of H-pyrrole nitrogens is 2. The van der Waals surface area contributed by atoms with Crippen molar-refractivity contribution in [3.05, 3.63) is 72.2 Å². The van der Waals surface area contributed by atoms with Crippen LogP contribution in [0.4, 0.5) is 19.0 Å². The van der Waals surface area contributed by atoms with E-state index in [0.717, 1.165) is 64.2 Å². The molecule has 6 rings (SSSR count). The van der Waals surface area contributed by atoms with Gasteiger partial charge in [0.15, 0.2) is 0 Å². The van der Waals surface area contributed by atoms with E-state index >= 15 is 0 Å². The van der Waals surface area contributed by atoms with E-state index in [2.05, 4.69) is 41.2 Å². The zero-order valence-corrected chi connectivity index (χ0v) is 22.5. The lowest BCUT2D eigenvalue weighted by Crippen LogP contribution is -2.16. The molecular formula is C29H28F3N9O. The second kappa shape index (κ2) is 12.1. The average Bonchev–Trinajstić information content (AvgIpc) is 3.67. The molecule has 0 bridgehead atoms. The third kappa shape index (κ3) is 6.16. The number of tetrazole rings is 1. The van der Waals surface area contributed by atoms with Crippen molar-refractivity contribution < 1.29 is 17.9 Å². The number of pyridine rings is 2. The Kier molecular flexibility index (Phi) is 7.93. The van der Waals surface area contributed by atoms with Gasteiger partial charge in [-0.2, -0.15) is 18.4 Å². The lowest BCUT2D eigenvalue weighted by molar-refractivity contribution is -0.137. The molecule has 42 heavy (non-hydrogen) atoms. The van der Waals surface area contributed by atoms with Crippen LogP contribution in [0.25, 0.3) is 44.0 Å². The van der Waals surface area contributed by atoms with Gasteiger partial charge in [-0.3, -0.25) is 4.98 Å². The number of anilines is 1. The molecule has 0 aliphatic heterocycles. The summed E-state index contributed by atoms with van der Waals surface area (Å²) in [6.07, 6.45) is 1.05. The third-order valence-electron chi connectivity index (χ3n) is 6.95. The smallest absolute Gasteiger partial charge is 0.380 e. The molecule has 10 nitrogen and oxygen atoms in total. The molecule has 4 aromatic heterocycles. The van der Waals surface area contributed by atoms with Crippen molar-refractivity contribution in [1.29, 1.82) is 0 Å². The van der Waals surface area contributed by atoms with Crippen LogP contribution in [0.1, 0.15) is 24.1 Å². The lowest BCUT2D eigenvalue weighted by atomic mass is 10.1. The minimum Gasteiger partial charge on any atom is -0.380 e. The summed E-state index contributed by atoms with van der Waals surface area (Å²) < 4.78 is 44.6. The SMILES string of the molecule is FC(F)(F)c1ccc2[nH]c(CNCCCCOCCNc3nc4cc(-c5nn[nH]n5)ccc4c4cnccc34)cc2c1. The van der Waals surface area contributed by atoms with E-state index in [1.807, 2.05) is 30.5 Å². The van der Waals surface area contributed by atoms with Crippen LogP contribution in [-0.2, 0) is 17.5 Å². The van der Waals surface area contributed by atoms with Crippen molar-refractivity contribution in [3.63, 3.8) is 0 Å². The molecule has 13 heteroatoms. The summed E-state index contributed by atoms with van der Waals surface area (Å²) in [5, 5.41) is 24.5. The van der Waals surface area contributed by atoms with Gasteiger partial charge in [-0.25, -0.2) is 4.98 Å². The molecule has 0 unspecified atom stereocenters. The van der Waals surface area contributed by atoms with E-state index in [4.69, 9.17) is 9.72 Å². The van der Waals surface area contributed by atoms with Gasteiger partial charge in [-0.05, 0) is 61.0 Å². The number of hydrogen-bond donors (Lipinski definition) is 4. The number of alkyl halides is 3. The molecular weight excluding hydrogens is 547 g/mol. The quantitative estimate of drug-likeness (QED) is 0.112. The van der Waals surface area contributed by atoms with Gasteiger partial charge in [0.1, 0.15) is 5.82 Å². The molecule has 0 aliphatic carbocycles. The predicted octanol–water partition coefficient (Wildman–Crippen LogP) is 5.46. The van der Waals surface area contributed by atoms with Gasteiger partial charge < -0.3 is 20.4 Å². The molecule has 0 spiro atoms. The number of nitrogens with zero attached hydrogens (tertiary/aromatic N) is 5. The van der Waals surface area contributed by atoms with Gasteiger partial charge in [0.05, 0.1) is 17.7 Å². The zero-order valence-electron chi connectivity index (χ0n) is 22.5. The fourth-order valence-electron chi connectivity index (χ4n) is 4.89. The Morgan fingerprint density at radius 3 is 2.69 bits per heavy atom. The first kappa shape index (κ1) is 27.5. The molecule has 0 amide bonds. The maximum absolute atomic E-state index is 12.9. The Morgan fingerprint density at radius 1 is 0.905 bits per heavy atom. The highest BCUT2D eigenvalue weighted by atomic mass is 19.4. The van der Waals surface area contributed by atoms with Crippen LogP contribution < -0.4 is 10.6 Å². The van der Waals surface area contributed by atoms with Crippen molar-refractivity contribution >= 4 is 38.4 Å². The average molecular weight is 576 g/mol. The number of fused-ring (bicyclic) bond motifs is 4. The minimum atomic E-state index is -4.34. The second-order valence-corrected chi connectivity index (χ2v) is 9.87. The van der Waals surface area contributed by atoms with Crippen molar-refractivity contribution in [1.82, 2.24) is 40.9 Å². The van der Waals surface area contributed by atoms with Gasteiger partial charge in [-0.1, -0.05) is 12.1 Å². The monoisotopic (exact) mass is 575 g/mol. The Morgan fingerprint density at radius 2 is 1.83 bits per heavy atom. The molecule has 6 aromatic rings. The molecule has 2 aromatic carbocycles. The first-order valence-corrected chi connectivity index (χ1v) is 13.6. The highest BCUT2D eigenvalue weighted by Crippen LogP contribution is 2.32. The van der Waals surface area contributed by atoms with E-state index in [1.54, 1.807) is 12.3 Å². The molecule has 4 heterocycles. The van der Waals surface area contributed by atoms with Gasteiger partial charge in [0, 0.05) is 70.4 Å². The maximum atomic E-state index is 12.9. The number of nitrogens with one attached hydrogen (secondary N) is 4. The van der Waals surface area contributed by atoms with Gasteiger partial charge in [0.2, 0.25) is 5.82 Å². The van der Waals surface area contributed by atoms with Crippen molar-refractivity contribution in [3.8, 4) is 11.4 Å². The van der Waals surface area contributed by atoms with Gasteiger partial charge in [0.25, 0.3) is 0 Å². The van der Waals surface area contributed by atoms with E-state index in [0.29, 0.717) is 43.0 Å². The van der Waals surface area contributed by atoms with Crippen molar-refractivity contribution in [2.75, 3.05) is 31.6 Å². The summed E-state index contributed by atoms with van der Waals surface area (Å²) in [6, 6.07) is 13.3. The Hall–Kier alpha value is -4.62. The summed E-state index contributed by atoms with van der Waals surface area (Å²) in [4.78, 5) is 12.3. The van der Waals surface area contributed by atoms with Crippen LogP contribution in [0.2, 0.25) is 0 Å². The van der Waals surface area contributed by atoms with Crippen LogP contribution in [0.15, 0.2) is 60.9 Å². The number of ether oxygens (including phenoxy) is 1. The van der Waals surface area contributed by atoms with Crippen LogP contribution >= 0.6 is 0 Å². The van der Waals surface area contributed by atoms with Crippen LogP contribution in [0, 0.1) is 0 Å². The van der Waals surface area contributed by atoms with Gasteiger partial charge >= 0.3 is 6.18 Å². The highest BCUT2D eigenvalue weighted by molar-refractivity contribution is 6.10. The molecule has 216 valence electrons. The molecule has 4 N–H and O–H groups in total. The molecule has 0 radical (unpaired) electrons. The summed E-state index contributed by atoms with van der Waals surface area (Å²) >= 11 is 0. The first-order chi connectivity index (χ1) is 20.5. The fourth-order valence-corrected chi connectivity index (χ4v) is 4.89. The molecule has 0 saturated carbocycles. The van der Waals surface area contributed by atoms with Crippen LogP contribution in [0.5, 0.6) is 0 Å². The lowest BCUT2D eigenvalue weighted by Gasteiger charge is -2.12. The number of halogens is 3. The summed E-state index contributed by atoms with van der Waals surface area (Å²) in [7, 11) is 0. The predicted molar refractivity (Wildman–Crippen MR) is 154 cm³/mol. The number of unbranched alkanes of at least 4 members (excludes halogenated alkanes) is 1. The van der Waals surface area contributed by atoms with Crippen molar-refractivity contribution in [2.24, 2.45) is 0 Å². The van der Waals surface area contributed by atoms with Crippen LogP contribution in [0.3, 0.4) is 0 Å². The highest BCUT2D eigenvalue weighted by Gasteiger charge is 2.30. The number of aromatic amines is 2. The van der Waals surface area contributed by atoms with E-state index < -0.39 is 11.7 Å². The molecule has 0 aliphatic rings.